The highest BCUT2D eigenvalue weighted by Gasteiger charge is 2.43. The molecular formula is C13H14FNO4. The molecule has 6 heteroatoms. The Balaban J connectivity index is 2.28. The van der Waals surface area contributed by atoms with Crippen LogP contribution >= 0.6 is 0 Å². The predicted molar refractivity (Wildman–Crippen MR) is 64.5 cm³/mol. The highest BCUT2D eigenvalue weighted by Crippen LogP contribution is 2.36. The number of carbonyl (C=O) groups is 2. The third-order valence-corrected chi connectivity index (χ3v) is 3.69. The maximum Gasteiger partial charge on any atom is 0.407 e. The second-order valence-corrected chi connectivity index (χ2v) is 4.66. The number of halogens is 1. The molecule has 2 rings (SSSR count). The fraction of sp³-hybridized carbons (Fsp3) is 0.385. The Labute approximate surface area is 109 Å². The van der Waals surface area contributed by atoms with E-state index in [0.29, 0.717) is 5.56 Å². The van der Waals surface area contributed by atoms with Crippen molar-refractivity contribution in [3.05, 3.63) is 35.6 Å². The number of likely N-dealkylation sites (tertiary alicyclic amines) is 1. The second-order valence-electron chi connectivity index (χ2n) is 4.66. The molecule has 1 aromatic rings. The molecule has 1 aliphatic rings. The Morgan fingerprint density at radius 1 is 1.11 bits per heavy atom. The lowest BCUT2D eigenvalue weighted by atomic mass is 9.73. The average molecular weight is 267 g/mol. The first-order valence-electron chi connectivity index (χ1n) is 5.93. The monoisotopic (exact) mass is 267 g/mol. The number of aliphatic carboxylic acids is 1. The van der Waals surface area contributed by atoms with Crippen LogP contribution in [0.4, 0.5) is 9.18 Å². The van der Waals surface area contributed by atoms with E-state index < -0.39 is 23.3 Å². The van der Waals surface area contributed by atoms with Gasteiger partial charge in [0.15, 0.2) is 0 Å². The number of piperidine rings is 1. The molecule has 5 nitrogen and oxygen atoms in total. The second kappa shape index (κ2) is 4.87. The Morgan fingerprint density at radius 2 is 1.63 bits per heavy atom. The molecule has 1 amide bonds. The maximum absolute atomic E-state index is 12.9. The standard InChI is InChI=1S/C13H14FNO4/c14-10-3-1-9(2-4-10)13(11(16)17)5-7-15(8-6-13)12(18)19/h1-4H,5-8H2,(H,16,17)(H,18,19). The van der Waals surface area contributed by atoms with Crippen LogP contribution in [0.1, 0.15) is 18.4 Å². The zero-order valence-corrected chi connectivity index (χ0v) is 10.2. The molecule has 0 radical (unpaired) electrons. The topological polar surface area (TPSA) is 77.8 Å². The summed E-state index contributed by atoms with van der Waals surface area (Å²) in [5.41, 5.74) is -0.605. The SMILES string of the molecule is O=C(O)N1CCC(C(=O)O)(c2ccc(F)cc2)CC1. The number of amides is 1. The van der Waals surface area contributed by atoms with E-state index in [2.05, 4.69) is 0 Å². The number of hydrogen-bond acceptors (Lipinski definition) is 2. The van der Waals surface area contributed by atoms with Gasteiger partial charge in [-0.15, -0.1) is 0 Å². The van der Waals surface area contributed by atoms with Gasteiger partial charge < -0.3 is 15.1 Å². The van der Waals surface area contributed by atoms with Crippen LogP contribution in [0.2, 0.25) is 0 Å². The fourth-order valence-electron chi connectivity index (χ4n) is 2.47. The molecule has 0 bridgehead atoms. The molecule has 2 N–H and O–H groups in total. The zero-order chi connectivity index (χ0) is 14.0. The van der Waals surface area contributed by atoms with Crippen molar-refractivity contribution in [1.29, 1.82) is 0 Å². The van der Waals surface area contributed by atoms with Crippen molar-refractivity contribution < 1.29 is 24.2 Å². The number of carboxylic acids is 1. The van der Waals surface area contributed by atoms with Crippen molar-refractivity contribution >= 4 is 12.1 Å². The largest absolute Gasteiger partial charge is 0.481 e. The molecule has 0 atom stereocenters. The lowest BCUT2D eigenvalue weighted by Crippen LogP contribution is -2.48. The third kappa shape index (κ3) is 2.38. The molecule has 19 heavy (non-hydrogen) atoms. The van der Waals surface area contributed by atoms with Crippen molar-refractivity contribution in [2.75, 3.05) is 13.1 Å². The summed E-state index contributed by atoms with van der Waals surface area (Å²) in [5, 5.41) is 18.4. The van der Waals surface area contributed by atoms with E-state index in [4.69, 9.17) is 5.11 Å². The van der Waals surface area contributed by atoms with E-state index in [0.717, 1.165) is 0 Å². The van der Waals surface area contributed by atoms with Gasteiger partial charge in [-0.1, -0.05) is 12.1 Å². The highest BCUT2D eigenvalue weighted by molar-refractivity contribution is 5.82. The van der Waals surface area contributed by atoms with E-state index in [1.165, 1.54) is 29.2 Å². The van der Waals surface area contributed by atoms with Crippen LogP contribution in [0, 0.1) is 5.82 Å². The minimum absolute atomic E-state index is 0.166. The van der Waals surface area contributed by atoms with E-state index >= 15 is 0 Å². The fourth-order valence-corrected chi connectivity index (χ4v) is 2.47. The highest BCUT2D eigenvalue weighted by atomic mass is 19.1. The predicted octanol–water partition coefficient (Wildman–Crippen LogP) is 1.92. The molecule has 1 saturated heterocycles. The Bertz CT molecular complexity index is 492. The number of carboxylic acid groups (broad SMARTS) is 2. The van der Waals surface area contributed by atoms with Gasteiger partial charge >= 0.3 is 12.1 Å². The number of rotatable bonds is 2. The van der Waals surface area contributed by atoms with Gasteiger partial charge in [-0.05, 0) is 30.5 Å². The van der Waals surface area contributed by atoms with Gasteiger partial charge in [0.2, 0.25) is 0 Å². The summed E-state index contributed by atoms with van der Waals surface area (Å²) in [5.74, 6) is -1.42. The van der Waals surface area contributed by atoms with E-state index in [1.807, 2.05) is 0 Å². The molecule has 0 aliphatic carbocycles. The molecule has 0 spiro atoms. The van der Waals surface area contributed by atoms with Crippen LogP contribution in [-0.4, -0.2) is 40.3 Å². The molecule has 1 fully saturated rings. The van der Waals surface area contributed by atoms with Gasteiger partial charge in [-0.2, -0.15) is 0 Å². The average Bonchev–Trinajstić information content (AvgIpc) is 2.39. The number of benzene rings is 1. The molecule has 1 aliphatic heterocycles. The summed E-state index contributed by atoms with van der Waals surface area (Å²) in [6.45, 7) is 0.331. The lowest BCUT2D eigenvalue weighted by molar-refractivity contribution is -0.145. The summed E-state index contributed by atoms with van der Waals surface area (Å²) in [4.78, 5) is 23.6. The summed E-state index contributed by atoms with van der Waals surface area (Å²) >= 11 is 0. The molecular weight excluding hydrogens is 253 g/mol. The third-order valence-electron chi connectivity index (χ3n) is 3.69. The lowest BCUT2D eigenvalue weighted by Gasteiger charge is -2.38. The summed E-state index contributed by atoms with van der Waals surface area (Å²) in [6.07, 6.45) is -0.654. The molecule has 0 aromatic heterocycles. The van der Waals surface area contributed by atoms with Crippen molar-refractivity contribution in [2.45, 2.75) is 18.3 Å². The van der Waals surface area contributed by atoms with Crippen molar-refractivity contribution in [3.63, 3.8) is 0 Å². The van der Waals surface area contributed by atoms with Gasteiger partial charge in [0.1, 0.15) is 5.82 Å². The van der Waals surface area contributed by atoms with Gasteiger partial charge in [0.25, 0.3) is 0 Å². The smallest absolute Gasteiger partial charge is 0.407 e. The normalized spacial score (nSPS) is 18.1. The van der Waals surface area contributed by atoms with Gasteiger partial charge in [0.05, 0.1) is 5.41 Å². The Kier molecular flexibility index (Phi) is 3.42. The quantitative estimate of drug-likeness (QED) is 0.858. The van der Waals surface area contributed by atoms with Gasteiger partial charge in [0, 0.05) is 13.1 Å². The number of nitrogens with zero attached hydrogens (tertiary/aromatic N) is 1. The van der Waals surface area contributed by atoms with Crippen molar-refractivity contribution in [3.8, 4) is 0 Å². The Hall–Kier alpha value is -2.11. The molecule has 0 unspecified atom stereocenters. The summed E-state index contributed by atoms with van der Waals surface area (Å²) in [6, 6.07) is 5.37. The molecule has 1 aromatic carbocycles. The Morgan fingerprint density at radius 3 is 2.05 bits per heavy atom. The van der Waals surface area contributed by atoms with Crippen molar-refractivity contribution in [1.82, 2.24) is 4.90 Å². The van der Waals surface area contributed by atoms with E-state index in [-0.39, 0.29) is 25.9 Å². The van der Waals surface area contributed by atoms with Crippen molar-refractivity contribution in [2.24, 2.45) is 0 Å². The van der Waals surface area contributed by atoms with Crippen LogP contribution in [0.25, 0.3) is 0 Å². The van der Waals surface area contributed by atoms with Gasteiger partial charge in [-0.3, -0.25) is 4.79 Å². The minimum atomic E-state index is -1.13. The zero-order valence-electron chi connectivity index (χ0n) is 10.2. The minimum Gasteiger partial charge on any atom is -0.481 e. The maximum atomic E-state index is 12.9. The van der Waals surface area contributed by atoms with Crippen LogP contribution in [0.3, 0.4) is 0 Å². The van der Waals surface area contributed by atoms with Crippen LogP contribution in [0.5, 0.6) is 0 Å². The van der Waals surface area contributed by atoms with E-state index in [1.54, 1.807) is 0 Å². The molecule has 1 heterocycles. The number of hydrogen-bond donors (Lipinski definition) is 2. The molecule has 0 saturated carbocycles. The summed E-state index contributed by atoms with van der Waals surface area (Å²) in [7, 11) is 0. The van der Waals surface area contributed by atoms with Crippen LogP contribution < -0.4 is 0 Å². The first-order valence-corrected chi connectivity index (χ1v) is 5.93. The first-order chi connectivity index (χ1) is 8.95. The van der Waals surface area contributed by atoms with Gasteiger partial charge in [-0.25, -0.2) is 9.18 Å². The van der Waals surface area contributed by atoms with Crippen LogP contribution in [-0.2, 0) is 10.2 Å². The summed E-state index contributed by atoms with van der Waals surface area (Å²) < 4.78 is 12.9. The van der Waals surface area contributed by atoms with E-state index in [9.17, 15) is 19.1 Å². The first kappa shape index (κ1) is 13.3. The molecule has 102 valence electrons. The van der Waals surface area contributed by atoms with Crippen LogP contribution in [0.15, 0.2) is 24.3 Å².